The summed E-state index contributed by atoms with van der Waals surface area (Å²) in [5.41, 5.74) is 1.89. The van der Waals surface area contributed by atoms with E-state index in [2.05, 4.69) is 5.32 Å². The van der Waals surface area contributed by atoms with E-state index in [1.54, 1.807) is 11.9 Å². The monoisotopic (exact) mass is 260 g/mol. The number of rotatable bonds is 3. The third-order valence-electron chi connectivity index (χ3n) is 3.72. The highest BCUT2D eigenvalue weighted by molar-refractivity contribution is 5.92. The van der Waals surface area contributed by atoms with Crippen molar-refractivity contribution in [3.8, 4) is 0 Å². The van der Waals surface area contributed by atoms with Crippen molar-refractivity contribution in [1.29, 1.82) is 0 Å². The van der Waals surface area contributed by atoms with E-state index in [4.69, 9.17) is 0 Å². The molecule has 1 aromatic rings. The molecular weight excluding hydrogens is 240 g/mol. The number of carbonyl (C=O) groups is 2. The summed E-state index contributed by atoms with van der Waals surface area (Å²) in [5, 5.41) is 2.96. The highest BCUT2D eigenvalue weighted by Crippen LogP contribution is 2.29. The molecule has 4 heteroatoms. The van der Waals surface area contributed by atoms with Crippen molar-refractivity contribution in [1.82, 2.24) is 10.2 Å². The summed E-state index contributed by atoms with van der Waals surface area (Å²) in [4.78, 5) is 25.9. The fourth-order valence-corrected chi connectivity index (χ4v) is 2.34. The van der Waals surface area contributed by atoms with Crippen LogP contribution in [0.1, 0.15) is 37.4 Å². The van der Waals surface area contributed by atoms with Crippen molar-refractivity contribution < 1.29 is 9.59 Å². The topological polar surface area (TPSA) is 49.4 Å². The second kappa shape index (κ2) is 5.43. The lowest BCUT2D eigenvalue weighted by Crippen LogP contribution is -2.47. The van der Waals surface area contributed by atoms with Crippen LogP contribution in [0.25, 0.3) is 0 Å². The van der Waals surface area contributed by atoms with Gasteiger partial charge in [0.15, 0.2) is 0 Å². The first-order valence-corrected chi connectivity index (χ1v) is 6.68. The molecule has 4 nitrogen and oxygen atoms in total. The molecule has 0 aromatic heterocycles. The molecule has 0 aliphatic carbocycles. The maximum Gasteiger partial charge on any atom is 0.247 e. The van der Waals surface area contributed by atoms with Crippen LogP contribution < -0.4 is 5.32 Å². The SMILES string of the molecule is CC[C@H](C)NC(=O)[C@H]1c2ccccc2CC(=O)N1C. The molecule has 0 fully saturated rings. The largest absolute Gasteiger partial charge is 0.352 e. The summed E-state index contributed by atoms with van der Waals surface area (Å²) in [5.74, 6) is -0.111. The lowest BCUT2D eigenvalue weighted by Gasteiger charge is -2.34. The third kappa shape index (κ3) is 2.62. The van der Waals surface area contributed by atoms with Crippen molar-refractivity contribution in [3.63, 3.8) is 0 Å². The van der Waals surface area contributed by atoms with Crippen molar-refractivity contribution in [2.75, 3.05) is 7.05 Å². The van der Waals surface area contributed by atoms with Gasteiger partial charge in [0, 0.05) is 13.1 Å². The highest BCUT2D eigenvalue weighted by atomic mass is 16.2. The molecular formula is C15H20N2O2. The summed E-state index contributed by atoms with van der Waals surface area (Å²) in [6.45, 7) is 3.99. The first-order valence-electron chi connectivity index (χ1n) is 6.68. The van der Waals surface area contributed by atoms with Gasteiger partial charge in [0.1, 0.15) is 6.04 Å². The molecule has 2 rings (SSSR count). The van der Waals surface area contributed by atoms with E-state index < -0.39 is 6.04 Å². The van der Waals surface area contributed by atoms with Gasteiger partial charge in [0.05, 0.1) is 6.42 Å². The molecule has 2 amide bonds. The van der Waals surface area contributed by atoms with Gasteiger partial charge in [-0.1, -0.05) is 31.2 Å². The molecule has 102 valence electrons. The van der Waals surface area contributed by atoms with Crippen molar-refractivity contribution >= 4 is 11.8 Å². The van der Waals surface area contributed by atoms with Crippen molar-refractivity contribution in [3.05, 3.63) is 35.4 Å². The average molecular weight is 260 g/mol. The Labute approximate surface area is 113 Å². The molecule has 19 heavy (non-hydrogen) atoms. The Hall–Kier alpha value is -1.84. The number of nitrogens with zero attached hydrogens (tertiary/aromatic N) is 1. The van der Waals surface area contributed by atoms with Crippen LogP contribution >= 0.6 is 0 Å². The summed E-state index contributed by atoms with van der Waals surface area (Å²) in [6, 6.07) is 7.27. The van der Waals surface area contributed by atoms with E-state index in [1.807, 2.05) is 38.1 Å². The molecule has 0 spiro atoms. The summed E-state index contributed by atoms with van der Waals surface area (Å²) < 4.78 is 0. The first-order chi connectivity index (χ1) is 9.04. The molecule has 1 aliphatic heterocycles. The molecule has 1 heterocycles. The van der Waals surface area contributed by atoms with E-state index in [0.29, 0.717) is 6.42 Å². The Balaban J connectivity index is 2.32. The van der Waals surface area contributed by atoms with Crippen LogP contribution in [0.3, 0.4) is 0 Å². The fraction of sp³-hybridized carbons (Fsp3) is 0.467. The average Bonchev–Trinajstić information content (AvgIpc) is 2.39. The number of hydrogen-bond acceptors (Lipinski definition) is 2. The number of fused-ring (bicyclic) bond motifs is 1. The van der Waals surface area contributed by atoms with Gasteiger partial charge in [-0.25, -0.2) is 0 Å². The normalized spacial score (nSPS) is 19.8. The number of carbonyl (C=O) groups excluding carboxylic acids is 2. The molecule has 0 radical (unpaired) electrons. The molecule has 2 atom stereocenters. The van der Waals surface area contributed by atoms with E-state index in [1.165, 1.54) is 0 Å². The van der Waals surface area contributed by atoms with E-state index in [0.717, 1.165) is 17.5 Å². The second-order valence-electron chi connectivity index (χ2n) is 5.10. The minimum absolute atomic E-state index is 0.0111. The molecule has 0 saturated heterocycles. The van der Waals surface area contributed by atoms with Gasteiger partial charge in [-0.3, -0.25) is 9.59 Å². The Kier molecular flexibility index (Phi) is 3.88. The van der Waals surface area contributed by atoms with Gasteiger partial charge in [0.2, 0.25) is 11.8 Å². The van der Waals surface area contributed by atoms with Crippen LogP contribution in [0.5, 0.6) is 0 Å². The van der Waals surface area contributed by atoms with Gasteiger partial charge in [-0.05, 0) is 24.5 Å². The zero-order chi connectivity index (χ0) is 14.0. The maximum absolute atomic E-state index is 12.4. The molecule has 1 aromatic carbocycles. The molecule has 1 aliphatic rings. The smallest absolute Gasteiger partial charge is 0.247 e. The van der Waals surface area contributed by atoms with E-state index in [9.17, 15) is 9.59 Å². The lowest BCUT2D eigenvalue weighted by atomic mass is 9.92. The zero-order valence-corrected chi connectivity index (χ0v) is 11.6. The van der Waals surface area contributed by atoms with Crippen LogP contribution in [0, 0.1) is 0 Å². The predicted octanol–water partition coefficient (Wildman–Crippen LogP) is 1.66. The number of nitrogens with one attached hydrogen (secondary N) is 1. The van der Waals surface area contributed by atoms with Crippen LogP contribution in [0.4, 0.5) is 0 Å². The minimum Gasteiger partial charge on any atom is -0.352 e. The maximum atomic E-state index is 12.4. The molecule has 0 unspecified atom stereocenters. The highest BCUT2D eigenvalue weighted by Gasteiger charge is 2.34. The predicted molar refractivity (Wildman–Crippen MR) is 73.6 cm³/mol. The summed E-state index contributed by atoms with van der Waals surface area (Å²) in [7, 11) is 1.69. The van der Waals surface area contributed by atoms with Crippen LogP contribution in [0.2, 0.25) is 0 Å². The van der Waals surface area contributed by atoms with Gasteiger partial charge < -0.3 is 10.2 Å². The Morgan fingerprint density at radius 3 is 2.84 bits per heavy atom. The first kappa shape index (κ1) is 13.6. The number of benzene rings is 1. The Bertz CT molecular complexity index is 499. The molecule has 0 bridgehead atoms. The summed E-state index contributed by atoms with van der Waals surface area (Å²) in [6.07, 6.45) is 1.25. The van der Waals surface area contributed by atoms with Gasteiger partial charge in [-0.2, -0.15) is 0 Å². The van der Waals surface area contributed by atoms with Crippen molar-refractivity contribution in [2.45, 2.75) is 38.8 Å². The number of amides is 2. The van der Waals surface area contributed by atoms with E-state index >= 15 is 0 Å². The Morgan fingerprint density at radius 1 is 1.47 bits per heavy atom. The Morgan fingerprint density at radius 2 is 2.16 bits per heavy atom. The van der Waals surface area contributed by atoms with Crippen LogP contribution in [-0.4, -0.2) is 29.8 Å². The summed E-state index contributed by atoms with van der Waals surface area (Å²) >= 11 is 0. The number of hydrogen-bond donors (Lipinski definition) is 1. The quantitative estimate of drug-likeness (QED) is 0.898. The minimum atomic E-state index is -0.508. The zero-order valence-electron chi connectivity index (χ0n) is 11.6. The fourth-order valence-electron chi connectivity index (χ4n) is 2.34. The molecule has 0 saturated carbocycles. The lowest BCUT2D eigenvalue weighted by molar-refractivity contribution is -0.140. The van der Waals surface area contributed by atoms with Crippen LogP contribution in [0.15, 0.2) is 24.3 Å². The van der Waals surface area contributed by atoms with Crippen LogP contribution in [-0.2, 0) is 16.0 Å². The number of likely N-dealkylation sites (N-methyl/N-ethyl adjacent to an activating group) is 1. The molecule has 1 N–H and O–H groups in total. The van der Waals surface area contributed by atoms with E-state index in [-0.39, 0.29) is 17.9 Å². The van der Waals surface area contributed by atoms with Crippen molar-refractivity contribution in [2.24, 2.45) is 0 Å². The standard InChI is InChI=1S/C15H20N2O2/c1-4-10(2)16-15(19)14-12-8-6-5-7-11(12)9-13(18)17(14)3/h5-8,10,14H,4,9H2,1-3H3,(H,16,19)/t10-,14+/m0/s1. The second-order valence-corrected chi connectivity index (χ2v) is 5.10. The van der Waals surface area contributed by atoms with Gasteiger partial charge >= 0.3 is 0 Å². The van der Waals surface area contributed by atoms with Gasteiger partial charge in [0.25, 0.3) is 0 Å². The van der Waals surface area contributed by atoms with Gasteiger partial charge in [-0.15, -0.1) is 0 Å². The third-order valence-corrected chi connectivity index (χ3v) is 3.72.